The minimum absolute atomic E-state index is 0.0751. The summed E-state index contributed by atoms with van der Waals surface area (Å²) in [6.45, 7) is 3.99. The summed E-state index contributed by atoms with van der Waals surface area (Å²) in [4.78, 5) is 24.7. The summed E-state index contributed by atoms with van der Waals surface area (Å²) < 4.78 is 11.2. The third-order valence-electron chi connectivity index (χ3n) is 4.55. The van der Waals surface area contributed by atoms with E-state index in [1.54, 1.807) is 18.2 Å². The van der Waals surface area contributed by atoms with Crippen molar-refractivity contribution >= 4 is 16.9 Å². The number of fused-ring (bicyclic) bond motifs is 1. The molecule has 27 heavy (non-hydrogen) atoms. The third-order valence-corrected chi connectivity index (χ3v) is 4.55. The Morgan fingerprint density at radius 2 is 1.85 bits per heavy atom. The fraction of sp³-hybridized carbons (Fsp3) is 0.273. The van der Waals surface area contributed by atoms with Gasteiger partial charge in [-0.2, -0.15) is 0 Å². The Balaban J connectivity index is 1.77. The highest BCUT2D eigenvalue weighted by Crippen LogP contribution is 2.23. The topological polar surface area (TPSA) is 68.5 Å². The van der Waals surface area contributed by atoms with Crippen molar-refractivity contribution in [2.45, 2.75) is 32.7 Å². The van der Waals surface area contributed by atoms with Crippen LogP contribution in [0.3, 0.4) is 0 Å². The highest BCUT2D eigenvalue weighted by atomic mass is 16.5. The SMILES string of the molecule is CCC(CC)NC(=O)COc1ccc2c(=O)c(-c3ccccc3)coc2c1. The second-order valence-corrected chi connectivity index (χ2v) is 6.37. The molecular weight excluding hydrogens is 342 g/mol. The number of amides is 1. The van der Waals surface area contributed by atoms with E-state index in [9.17, 15) is 9.59 Å². The molecule has 2 aromatic carbocycles. The number of rotatable bonds is 7. The Hall–Kier alpha value is -3.08. The molecule has 0 fully saturated rings. The minimum atomic E-state index is -0.162. The Bertz CT molecular complexity index is 975. The molecule has 1 amide bonds. The van der Waals surface area contributed by atoms with Gasteiger partial charge in [0.25, 0.3) is 5.91 Å². The Kier molecular flexibility index (Phi) is 5.91. The van der Waals surface area contributed by atoms with Gasteiger partial charge in [-0.3, -0.25) is 9.59 Å². The van der Waals surface area contributed by atoms with Gasteiger partial charge < -0.3 is 14.5 Å². The summed E-state index contributed by atoms with van der Waals surface area (Å²) in [6.07, 6.45) is 3.23. The molecule has 0 aliphatic carbocycles. The van der Waals surface area contributed by atoms with E-state index in [0.29, 0.717) is 22.3 Å². The molecule has 5 nitrogen and oxygen atoms in total. The van der Waals surface area contributed by atoms with Crippen molar-refractivity contribution in [1.82, 2.24) is 5.32 Å². The van der Waals surface area contributed by atoms with E-state index in [1.807, 2.05) is 44.2 Å². The molecule has 0 atom stereocenters. The van der Waals surface area contributed by atoms with Crippen molar-refractivity contribution in [3.05, 3.63) is 65.0 Å². The largest absolute Gasteiger partial charge is 0.484 e. The van der Waals surface area contributed by atoms with Crippen LogP contribution in [0.15, 0.2) is 64.0 Å². The van der Waals surface area contributed by atoms with Gasteiger partial charge in [-0.25, -0.2) is 0 Å². The summed E-state index contributed by atoms with van der Waals surface area (Å²) in [5.74, 6) is 0.322. The minimum Gasteiger partial charge on any atom is -0.484 e. The average molecular weight is 365 g/mol. The van der Waals surface area contributed by atoms with Crippen LogP contribution in [-0.2, 0) is 4.79 Å². The van der Waals surface area contributed by atoms with Gasteiger partial charge in [0.1, 0.15) is 17.6 Å². The van der Waals surface area contributed by atoms with Crippen LogP contribution in [0.2, 0.25) is 0 Å². The first-order valence-electron chi connectivity index (χ1n) is 9.15. The van der Waals surface area contributed by atoms with Gasteiger partial charge in [0.15, 0.2) is 12.0 Å². The van der Waals surface area contributed by atoms with E-state index < -0.39 is 0 Å². The average Bonchev–Trinajstić information content (AvgIpc) is 2.71. The predicted molar refractivity (Wildman–Crippen MR) is 106 cm³/mol. The second kappa shape index (κ2) is 8.54. The normalized spacial score (nSPS) is 10.9. The van der Waals surface area contributed by atoms with E-state index in [1.165, 1.54) is 6.26 Å². The molecule has 0 saturated heterocycles. The number of hydrogen-bond acceptors (Lipinski definition) is 4. The monoisotopic (exact) mass is 365 g/mol. The molecule has 0 saturated carbocycles. The molecule has 0 aliphatic rings. The molecule has 3 aromatic rings. The fourth-order valence-electron chi connectivity index (χ4n) is 2.93. The van der Waals surface area contributed by atoms with Gasteiger partial charge >= 0.3 is 0 Å². The van der Waals surface area contributed by atoms with Gasteiger partial charge in [0, 0.05) is 12.1 Å². The van der Waals surface area contributed by atoms with Crippen LogP contribution in [0, 0.1) is 0 Å². The summed E-state index contributed by atoms with van der Waals surface area (Å²) in [7, 11) is 0. The van der Waals surface area contributed by atoms with Crippen molar-refractivity contribution in [3.8, 4) is 16.9 Å². The molecule has 0 unspecified atom stereocenters. The van der Waals surface area contributed by atoms with Gasteiger partial charge in [0.05, 0.1) is 10.9 Å². The maximum Gasteiger partial charge on any atom is 0.258 e. The summed E-state index contributed by atoms with van der Waals surface area (Å²) >= 11 is 0. The van der Waals surface area contributed by atoms with Crippen LogP contribution in [0.1, 0.15) is 26.7 Å². The molecule has 140 valence electrons. The fourth-order valence-corrected chi connectivity index (χ4v) is 2.93. The van der Waals surface area contributed by atoms with E-state index in [2.05, 4.69) is 5.32 Å². The summed E-state index contributed by atoms with van der Waals surface area (Å²) in [5, 5.41) is 3.40. The van der Waals surface area contributed by atoms with Crippen LogP contribution < -0.4 is 15.5 Å². The number of hydrogen-bond donors (Lipinski definition) is 1. The van der Waals surface area contributed by atoms with E-state index in [0.717, 1.165) is 18.4 Å². The van der Waals surface area contributed by atoms with Crippen LogP contribution in [-0.4, -0.2) is 18.6 Å². The lowest BCUT2D eigenvalue weighted by molar-refractivity contribution is -0.123. The van der Waals surface area contributed by atoms with Gasteiger partial charge in [-0.1, -0.05) is 44.2 Å². The highest BCUT2D eigenvalue weighted by molar-refractivity contribution is 5.83. The number of nitrogens with one attached hydrogen (secondary N) is 1. The zero-order valence-corrected chi connectivity index (χ0v) is 15.5. The number of ether oxygens (including phenoxy) is 1. The predicted octanol–water partition coefficient (Wildman–Crippen LogP) is 4.14. The lowest BCUT2D eigenvalue weighted by Gasteiger charge is -2.15. The molecule has 0 bridgehead atoms. The number of carbonyl (C=O) groups excluding carboxylic acids is 1. The third kappa shape index (κ3) is 4.37. The molecule has 5 heteroatoms. The second-order valence-electron chi connectivity index (χ2n) is 6.37. The maximum absolute atomic E-state index is 12.7. The Morgan fingerprint density at radius 1 is 1.11 bits per heavy atom. The number of benzene rings is 2. The Labute approximate surface area is 158 Å². The quantitative estimate of drug-likeness (QED) is 0.683. The standard InChI is InChI=1S/C22H23NO4/c1-3-16(4-2)23-21(24)14-26-17-10-11-18-20(12-17)27-13-19(22(18)25)15-8-6-5-7-9-15/h5-13,16H,3-4,14H2,1-2H3,(H,23,24). The zero-order valence-electron chi connectivity index (χ0n) is 15.5. The first kappa shape index (κ1) is 18.7. The maximum atomic E-state index is 12.7. The van der Waals surface area contributed by atoms with Crippen molar-refractivity contribution in [2.24, 2.45) is 0 Å². The molecular formula is C22H23NO4. The number of carbonyl (C=O) groups is 1. The summed E-state index contributed by atoms with van der Waals surface area (Å²) in [5.41, 5.74) is 1.66. The first-order chi connectivity index (χ1) is 13.1. The van der Waals surface area contributed by atoms with Crippen molar-refractivity contribution in [2.75, 3.05) is 6.61 Å². The van der Waals surface area contributed by atoms with Gasteiger partial charge in [-0.05, 0) is 30.5 Å². The molecule has 3 rings (SSSR count). The van der Waals surface area contributed by atoms with Crippen molar-refractivity contribution in [3.63, 3.8) is 0 Å². The smallest absolute Gasteiger partial charge is 0.258 e. The molecule has 1 heterocycles. The van der Waals surface area contributed by atoms with Gasteiger partial charge in [0.2, 0.25) is 0 Å². The molecule has 0 spiro atoms. The van der Waals surface area contributed by atoms with Crippen molar-refractivity contribution in [1.29, 1.82) is 0 Å². The highest BCUT2D eigenvalue weighted by Gasteiger charge is 2.12. The molecule has 1 aromatic heterocycles. The lowest BCUT2D eigenvalue weighted by Crippen LogP contribution is -2.37. The molecule has 0 aliphatic heterocycles. The first-order valence-corrected chi connectivity index (χ1v) is 9.15. The van der Waals surface area contributed by atoms with Crippen LogP contribution in [0.4, 0.5) is 0 Å². The van der Waals surface area contributed by atoms with Gasteiger partial charge in [-0.15, -0.1) is 0 Å². The van der Waals surface area contributed by atoms with E-state index >= 15 is 0 Å². The molecule has 1 N–H and O–H groups in total. The van der Waals surface area contributed by atoms with Crippen molar-refractivity contribution < 1.29 is 13.9 Å². The van der Waals surface area contributed by atoms with Crippen LogP contribution >= 0.6 is 0 Å². The zero-order chi connectivity index (χ0) is 19.2. The lowest BCUT2D eigenvalue weighted by atomic mass is 10.1. The van der Waals surface area contributed by atoms with E-state index in [4.69, 9.17) is 9.15 Å². The van der Waals surface area contributed by atoms with Crippen LogP contribution in [0.25, 0.3) is 22.1 Å². The van der Waals surface area contributed by atoms with Crippen LogP contribution in [0.5, 0.6) is 5.75 Å². The summed E-state index contributed by atoms with van der Waals surface area (Å²) in [6, 6.07) is 14.5. The Morgan fingerprint density at radius 3 is 2.56 bits per heavy atom. The van der Waals surface area contributed by atoms with E-state index in [-0.39, 0.29) is 24.0 Å². The molecule has 0 radical (unpaired) electrons.